The molecule has 2 unspecified atom stereocenters. The molecule has 77 heavy (non-hydrogen) atoms. The molecule has 2 atom stereocenters. The van der Waals surface area contributed by atoms with Crippen molar-refractivity contribution in [2.24, 2.45) is 0 Å². The minimum atomic E-state index is -0.669. The van der Waals surface area contributed by atoms with E-state index in [0.717, 1.165) is 38.5 Å². The van der Waals surface area contributed by atoms with E-state index in [-0.39, 0.29) is 18.5 Å². The van der Waals surface area contributed by atoms with Crippen LogP contribution in [0.3, 0.4) is 0 Å². The molecule has 0 heterocycles. The first-order valence-corrected chi connectivity index (χ1v) is 35.4. The van der Waals surface area contributed by atoms with Crippen LogP contribution in [-0.4, -0.2) is 47.4 Å². The summed E-state index contributed by atoms with van der Waals surface area (Å²) in [4.78, 5) is 24.6. The second-order valence-electron chi connectivity index (χ2n) is 24.6. The lowest BCUT2D eigenvalue weighted by Crippen LogP contribution is -2.45. The van der Waals surface area contributed by atoms with Gasteiger partial charge in [-0.1, -0.05) is 353 Å². The highest BCUT2D eigenvalue weighted by molar-refractivity contribution is 5.76. The minimum Gasteiger partial charge on any atom is -0.466 e. The normalized spacial score (nSPS) is 12.5. The molecule has 1 amide bonds. The summed E-state index contributed by atoms with van der Waals surface area (Å²) in [5, 5.41) is 23.4. The monoisotopic (exact) mass is 1090 g/mol. The number of allylic oxidation sites excluding steroid dienone is 2. The van der Waals surface area contributed by atoms with Crippen LogP contribution < -0.4 is 5.32 Å². The van der Waals surface area contributed by atoms with Crippen LogP contribution in [0.2, 0.25) is 0 Å². The van der Waals surface area contributed by atoms with Crippen molar-refractivity contribution in [1.82, 2.24) is 5.32 Å². The number of carbonyl (C=O) groups excluding carboxylic acids is 2. The standard InChI is InChI=1S/C71H139NO5/c1-3-5-7-9-11-13-15-17-18-19-20-21-22-23-25-28-31-34-37-40-43-47-51-55-59-63-69(74)68(67-73)72-70(75)64-60-56-52-48-44-41-38-35-32-29-26-24-27-30-33-36-39-42-46-50-54-58-62-66-77-71(76)65-61-57-53-49-45-16-14-12-10-8-6-4-2/h29,32,68-69,73-74H,3-28,30-31,33-67H2,1-2H3,(H,72,75)/b32-29-. The molecule has 0 aromatic rings. The number of hydrogen-bond donors (Lipinski definition) is 3. The number of aliphatic hydroxyl groups is 2. The van der Waals surface area contributed by atoms with Crippen molar-refractivity contribution in [2.45, 2.75) is 418 Å². The van der Waals surface area contributed by atoms with Crippen LogP contribution in [0.25, 0.3) is 0 Å². The molecule has 6 heteroatoms. The third-order valence-electron chi connectivity index (χ3n) is 16.8. The molecule has 0 aromatic heterocycles. The van der Waals surface area contributed by atoms with Crippen molar-refractivity contribution in [3.05, 3.63) is 12.2 Å². The summed E-state index contributed by atoms with van der Waals surface area (Å²) in [6, 6.07) is -0.547. The fourth-order valence-electron chi connectivity index (χ4n) is 11.4. The van der Waals surface area contributed by atoms with Gasteiger partial charge in [-0.15, -0.1) is 0 Å². The molecule has 458 valence electrons. The summed E-state index contributed by atoms with van der Waals surface area (Å²) in [6.45, 7) is 4.99. The van der Waals surface area contributed by atoms with E-state index in [0.29, 0.717) is 25.9 Å². The average molecular weight is 1090 g/mol. The number of carbonyl (C=O) groups is 2. The Labute approximate surface area is 482 Å². The quantitative estimate of drug-likeness (QED) is 0.0320. The van der Waals surface area contributed by atoms with E-state index in [9.17, 15) is 19.8 Å². The van der Waals surface area contributed by atoms with E-state index in [1.807, 2.05) is 0 Å². The van der Waals surface area contributed by atoms with Gasteiger partial charge in [-0.05, 0) is 51.4 Å². The van der Waals surface area contributed by atoms with Crippen molar-refractivity contribution < 1.29 is 24.5 Å². The van der Waals surface area contributed by atoms with Gasteiger partial charge in [0.2, 0.25) is 5.91 Å². The van der Waals surface area contributed by atoms with Crippen molar-refractivity contribution in [2.75, 3.05) is 13.2 Å². The van der Waals surface area contributed by atoms with Crippen molar-refractivity contribution in [3.63, 3.8) is 0 Å². The smallest absolute Gasteiger partial charge is 0.305 e. The highest BCUT2D eigenvalue weighted by Gasteiger charge is 2.20. The van der Waals surface area contributed by atoms with Crippen LogP contribution in [0.1, 0.15) is 406 Å². The summed E-state index contributed by atoms with van der Waals surface area (Å²) in [7, 11) is 0. The third kappa shape index (κ3) is 63.6. The van der Waals surface area contributed by atoms with E-state index in [2.05, 4.69) is 31.3 Å². The molecular weight excluding hydrogens is 947 g/mol. The molecule has 0 bridgehead atoms. The SMILES string of the molecule is CCCCCCCCCCCCCCCCCCCCCCCCCCCC(O)C(CO)NC(=O)CCCCCCCCC/C=C\CCCCCCCCCCCCCCOC(=O)CCCCCCCCCCCCCC. The summed E-state index contributed by atoms with van der Waals surface area (Å²) >= 11 is 0. The number of rotatable bonds is 67. The molecule has 0 saturated carbocycles. The van der Waals surface area contributed by atoms with E-state index < -0.39 is 12.1 Å². The maximum Gasteiger partial charge on any atom is 0.305 e. The van der Waals surface area contributed by atoms with Gasteiger partial charge < -0.3 is 20.3 Å². The molecule has 3 N–H and O–H groups in total. The molecule has 0 aliphatic carbocycles. The van der Waals surface area contributed by atoms with Gasteiger partial charge in [-0.2, -0.15) is 0 Å². The Hall–Kier alpha value is -1.40. The summed E-state index contributed by atoms with van der Waals surface area (Å²) < 4.78 is 5.48. The Balaban J connectivity index is 3.40. The Bertz CT molecular complexity index is 1160. The van der Waals surface area contributed by atoms with Crippen LogP contribution in [0, 0.1) is 0 Å². The second-order valence-corrected chi connectivity index (χ2v) is 24.6. The molecule has 0 radical (unpaired) electrons. The zero-order valence-corrected chi connectivity index (χ0v) is 52.5. The van der Waals surface area contributed by atoms with Gasteiger partial charge in [-0.25, -0.2) is 0 Å². The lowest BCUT2D eigenvalue weighted by atomic mass is 10.0. The van der Waals surface area contributed by atoms with Gasteiger partial charge in [0.15, 0.2) is 0 Å². The topological polar surface area (TPSA) is 95.9 Å². The molecule has 0 fully saturated rings. The maximum absolute atomic E-state index is 12.6. The number of ether oxygens (including phenoxy) is 1. The predicted octanol–water partition coefficient (Wildman–Crippen LogP) is 22.8. The third-order valence-corrected chi connectivity index (χ3v) is 16.8. The molecular formula is C71H139NO5. The highest BCUT2D eigenvalue weighted by atomic mass is 16.5. The van der Waals surface area contributed by atoms with Gasteiger partial charge in [0.1, 0.15) is 0 Å². The van der Waals surface area contributed by atoms with Gasteiger partial charge in [-0.3, -0.25) is 9.59 Å². The zero-order valence-electron chi connectivity index (χ0n) is 52.5. The molecule has 0 aromatic carbocycles. The fourth-order valence-corrected chi connectivity index (χ4v) is 11.4. The minimum absolute atomic E-state index is 0.0134. The first-order valence-electron chi connectivity index (χ1n) is 35.4. The number of amides is 1. The van der Waals surface area contributed by atoms with Gasteiger partial charge in [0.25, 0.3) is 0 Å². The maximum atomic E-state index is 12.6. The van der Waals surface area contributed by atoms with E-state index in [1.54, 1.807) is 0 Å². The van der Waals surface area contributed by atoms with Crippen molar-refractivity contribution >= 4 is 11.9 Å². The van der Waals surface area contributed by atoms with Gasteiger partial charge in [0, 0.05) is 12.8 Å². The van der Waals surface area contributed by atoms with Crippen LogP contribution in [0.5, 0.6) is 0 Å². The Morgan fingerprint density at radius 1 is 0.351 bits per heavy atom. The Kier molecular flexibility index (Phi) is 65.9. The molecule has 0 aliphatic rings. The summed E-state index contributed by atoms with van der Waals surface area (Å²) in [6.07, 6.45) is 82.6. The largest absolute Gasteiger partial charge is 0.466 e. The number of aliphatic hydroxyl groups excluding tert-OH is 2. The number of hydrogen-bond acceptors (Lipinski definition) is 5. The molecule has 0 rings (SSSR count). The van der Waals surface area contributed by atoms with Crippen LogP contribution in [0.15, 0.2) is 12.2 Å². The van der Waals surface area contributed by atoms with Crippen LogP contribution in [0.4, 0.5) is 0 Å². The fraction of sp³-hybridized carbons (Fsp3) is 0.944. The first kappa shape index (κ1) is 75.6. The average Bonchev–Trinajstić information content (AvgIpc) is 3.43. The van der Waals surface area contributed by atoms with Crippen LogP contribution >= 0.6 is 0 Å². The number of unbranched alkanes of at least 4 members (excludes halogenated alkanes) is 54. The van der Waals surface area contributed by atoms with E-state index in [4.69, 9.17) is 4.74 Å². The summed E-state index contributed by atoms with van der Waals surface area (Å²) in [5.74, 6) is -0.0225. The highest BCUT2D eigenvalue weighted by Crippen LogP contribution is 2.19. The molecule has 0 saturated heterocycles. The second kappa shape index (κ2) is 67.1. The van der Waals surface area contributed by atoms with Crippen LogP contribution in [-0.2, 0) is 14.3 Å². The predicted molar refractivity (Wildman–Crippen MR) is 338 cm³/mol. The van der Waals surface area contributed by atoms with E-state index >= 15 is 0 Å². The van der Waals surface area contributed by atoms with Crippen molar-refractivity contribution in [3.8, 4) is 0 Å². The molecule has 0 spiro atoms. The van der Waals surface area contributed by atoms with Gasteiger partial charge >= 0.3 is 5.97 Å². The number of esters is 1. The van der Waals surface area contributed by atoms with Gasteiger partial charge in [0.05, 0.1) is 25.4 Å². The van der Waals surface area contributed by atoms with Crippen molar-refractivity contribution in [1.29, 1.82) is 0 Å². The number of nitrogens with one attached hydrogen (secondary N) is 1. The molecule has 0 aliphatic heterocycles. The lowest BCUT2D eigenvalue weighted by molar-refractivity contribution is -0.143. The first-order chi connectivity index (χ1) is 38.0. The summed E-state index contributed by atoms with van der Waals surface area (Å²) in [5.41, 5.74) is 0. The lowest BCUT2D eigenvalue weighted by Gasteiger charge is -2.22. The Morgan fingerprint density at radius 3 is 0.922 bits per heavy atom. The van der Waals surface area contributed by atoms with E-state index in [1.165, 1.54) is 334 Å². The Morgan fingerprint density at radius 2 is 0.610 bits per heavy atom. The zero-order chi connectivity index (χ0) is 55.7. The molecule has 6 nitrogen and oxygen atoms in total.